The minimum absolute atomic E-state index is 0.0478. The average molecular weight is 448 g/mol. The van der Waals surface area contributed by atoms with Gasteiger partial charge in [0.1, 0.15) is 28.4 Å². The number of esters is 1. The van der Waals surface area contributed by atoms with Crippen LogP contribution in [0.2, 0.25) is 0 Å². The third-order valence-electron chi connectivity index (χ3n) is 4.68. The first-order valence-electron chi connectivity index (χ1n) is 10.0. The highest BCUT2D eigenvalue weighted by atomic mass is 16.6. The van der Waals surface area contributed by atoms with E-state index in [0.29, 0.717) is 5.69 Å². The number of carbonyl (C=O) groups excluding carboxylic acids is 4. The number of rotatable bonds is 3. The number of ether oxygens (including phenoxy) is 2. The Morgan fingerprint density at radius 2 is 1.82 bits per heavy atom. The molecule has 168 valence electrons. The number of nitrogens with zero attached hydrogens (tertiary/aromatic N) is 1. The number of aryl methyl sites for hydroxylation is 1. The van der Waals surface area contributed by atoms with Crippen molar-refractivity contribution in [3.63, 3.8) is 0 Å². The second-order valence-electron chi connectivity index (χ2n) is 8.34. The molecule has 0 unspecified atom stereocenters. The Balaban J connectivity index is 1.60. The second-order valence-corrected chi connectivity index (χ2v) is 8.34. The predicted molar refractivity (Wildman–Crippen MR) is 116 cm³/mol. The molecule has 0 aliphatic heterocycles. The van der Waals surface area contributed by atoms with Crippen LogP contribution in [0.3, 0.4) is 0 Å². The summed E-state index contributed by atoms with van der Waals surface area (Å²) < 4.78 is 16.1. The van der Waals surface area contributed by atoms with Crippen LogP contribution in [0.5, 0.6) is 5.75 Å². The molecule has 0 radical (unpaired) electrons. The number of aromatic nitrogens is 1. The normalized spacial score (nSPS) is 12.6. The Labute approximate surface area is 188 Å². The summed E-state index contributed by atoms with van der Waals surface area (Å²) in [4.78, 5) is 54.7. The largest absolute Gasteiger partial charge is 0.456 e. The molecule has 2 heterocycles. The number of benzene rings is 1. The Hall–Kier alpha value is -4.27. The minimum atomic E-state index is -0.882. The number of hydrogen-bond donors (Lipinski definition) is 1. The van der Waals surface area contributed by atoms with Crippen LogP contribution in [-0.4, -0.2) is 34.2 Å². The number of nitrogens with one attached hydrogen (secondary N) is 1. The van der Waals surface area contributed by atoms with Gasteiger partial charge in [0.05, 0.1) is 11.1 Å². The maximum atomic E-state index is 13.0. The molecule has 2 aromatic heterocycles. The topological polar surface area (TPSA) is 125 Å². The minimum Gasteiger partial charge on any atom is -0.456 e. The highest BCUT2D eigenvalue weighted by Gasteiger charge is 2.39. The fourth-order valence-electron chi connectivity index (χ4n) is 3.39. The molecule has 0 spiro atoms. The van der Waals surface area contributed by atoms with Crippen LogP contribution in [0.1, 0.15) is 69.1 Å². The third kappa shape index (κ3) is 4.25. The lowest BCUT2D eigenvalue weighted by Crippen LogP contribution is -2.27. The molecule has 4 rings (SSSR count). The number of carbonyl (C=O) groups is 4. The van der Waals surface area contributed by atoms with Crippen molar-refractivity contribution in [1.82, 2.24) is 4.98 Å². The van der Waals surface area contributed by atoms with Crippen molar-refractivity contribution < 1.29 is 33.1 Å². The Morgan fingerprint density at radius 1 is 1.06 bits per heavy atom. The van der Waals surface area contributed by atoms with E-state index >= 15 is 0 Å². The van der Waals surface area contributed by atoms with Crippen molar-refractivity contribution in [2.75, 3.05) is 5.32 Å². The first kappa shape index (κ1) is 21.9. The van der Waals surface area contributed by atoms with Gasteiger partial charge in [0, 0.05) is 18.0 Å². The maximum absolute atomic E-state index is 13.0. The summed E-state index contributed by atoms with van der Waals surface area (Å²) in [5, 5.41) is 2.55. The summed E-state index contributed by atoms with van der Waals surface area (Å²) in [6, 6.07) is 9.11. The molecule has 1 amide bonds. The van der Waals surface area contributed by atoms with Gasteiger partial charge in [0.15, 0.2) is 5.76 Å². The van der Waals surface area contributed by atoms with Crippen LogP contribution < -0.4 is 10.1 Å². The predicted octanol–water partition coefficient (Wildman–Crippen LogP) is 4.32. The zero-order valence-electron chi connectivity index (χ0n) is 18.3. The zero-order chi connectivity index (χ0) is 23.9. The van der Waals surface area contributed by atoms with Crippen molar-refractivity contribution in [1.29, 1.82) is 0 Å². The van der Waals surface area contributed by atoms with E-state index in [0.717, 1.165) is 0 Å². The van der Waals surface area contributed by atoms with Crippen LogP contribution in [0.25, 0.3) is 0 Å². The van der Waals surface area contributed by atoms with Gasteiger partial charge in [-0.25, -0.2) is 9.59 Å². The monoisotopic (exact) mass is 448 g/mol. The SMILES string of the molecule is Cc1oc2c(c1C(=O)Oc1cccc(NC(=O)OC(C)(C)C)c1)C(=O)c1ncccc1C2=O. The highest BCUT2D eigenvalue weighted by molar-refractivity contribution is 6.29. The lowest BCUT2D eigenvalue weighted by Gasteiger charge is -2.19. The van der Waals surface area contributed by atoms with E-state index in [1.165, 1.54) is 37.4 Å². The molecule has 0 saturated carbocycles. The summed E-state index contributed by atoms with van der Waals surface area (Å²) in [5.74, 6) is -2.04. The van der Waals surface area contributed by atoms with Gasteiger partial charge >= 0.3 is 12.1 Å². The van der Waals surface area contributed by atoms with E-state index < -0.39 is 29.2 Å². The number of ketones is 2. The van der Waals surface area contributed by atoms with Gasteiger partial charge in [-0.3, -0.25) is 19.9 Å². The standard InChI is InChI=1S/C24H20N2O7/c1-12-16(17-20(28)18-15(9-6-10-25-18)19(27)21(17)31-12)22(29)32-14-8-5-7-13(11-14)26-23(30)33-24(2,3)4/h5-11H,1-4H3,(H,26,30). The summed E-state index contributed by atoms with van der Waals surface area (Å²) >= 11 is 0. The first-order chi connectivity index (χ1) is 15.5. The van der Waals surface area contributed by atoms with E-state index in [4.69, 9.17) is 13.9 Å². The van der Waals surface area contributed by atoms with Gasteiger partial charge in [0.25, 0.3) is 0 Å². The third-order valence-corrected chi connectivity index (χ3v) is 4.68. The Kier molecular flexibility index (Phi) is 5.33. The van der Waals surface area contributed by atoms with E-state index in [1.54, 1.807) is 32.9 Å². The molecular formula is C24H20N2O7. The summed E-state index contributed by atoms with van der Waals surface area (Å²) in [7, 11) is 0. The van der Waals surface area contributed by atoms with Crippen molar-refractivity contribution in [3.05, 3.63) is 76.5 Å². The molecule has 0 fully saturated rings. The average Bonchev–Trinajstić information content (AvgIpc) is 3.08. The van der Waals surface area contributed by atoms with Crippen LogP contribution in [-0.2, 0) is 4.74 Å². The Morgan fingerprint density at radius 3 is 2.55 bits per heavy atom. The maximum Gasteiger partial charge on any atom is 0.412 e. The number of anilines is 1. The first-order valence-corrected chi connectivity index (χ1v) is 10.0. The van der Waals surface area contributed by atoms with E-state index in [1.807, 2.05) is 0 Å². The number of amides is 1. The van der Waals surface area contributed by atoms with Gasteiger partial charge in [0.2, 0.25) is 11.6 Å². The fraction of sp³-hybridized carbons (Fsp3) is 0.208. The van der Waals surface area contributed by atoms with Gasteiger partial charge in [-0.05, 0) is 52.0 Å². The molecule has 0 atom stereocenters. The van der Waals surface area contributed by atoms with Crippen molar-refractivity contribution >= 4 is 29.3 Å². The number of hydrogen-bond acceptors (Lipinski definition) is 8. The van der Waals surface area contributed by atoms with Crippen molar-refractivity contribution in [2.45, 2.75) is 33.3 Å². The van der Waals surface area contributed by atoms with Crippen LogP contribution in [0.15, 0.2) is 47.0 Å². The Bertz CT molecular complexity index is 1310. The summed E-state index contributed by atoms with van der Waals surface area (Å²) in [5.41, 5.74) is -0.589. The molecule has 9 heteroatoms. The quantitative estimate of drug-likeness (QED) is 0.363. The molecule has 0 bridgehead atoms. The number of fused-ring (bicyclic) bond motifs is 2. The summed E-state index contributed by atoms with van der Waals surface area (Å²) in [6.07, 6.45) is 0.726. The molecule has 0 saturated heterocycles. The van der Waals surface area contributed by atoms with Gasteiger partial charge in [-0.2, -0.15) is 0 Å². The van der Waals surface area contributed by atoms with Crippen molar-refractivity contribution in [3.8, 4) is 5.75 Å². The van der Waals surface area contributed by atoms with E-state index in [2.05, 4.69) is 10.3 Å². The molecule has 1 aliphatic carbocycles. The van der Waals surface area contributed by atoms with Gasteiger partial charge < -0.3 is 13.9 Å². The van der Waals surface area contributed by atoms with E-state index in [-0.39, 0.29) is 39.7 Å². The lowest BCUT2D eigenvalue weighted by atomic mass is 9.90. The molecule has 1 aliphatic rings. The van der Waals surface area contributed by atoms with Crippen LogP contribution in [0, 0.1) is 6.92 Å². The molecule has 1 aromatic carbocycles. The number of furan rings is 1. The van der Waals surface area contributed by atoms with E-state index in [9.17, 15) is 19.2 Å². The van der Waals surface area contributed by atoms with Gasteiger partial charge in [-0.1, -0.05) is 6.07 Å². The molecule has 9 nitrogen and oxygen atoms in total. The summed E-state index contributed by atoms with van der Waals surface area (Å²) in [6.45, 7) is 6.67. The molecule has 33 heavy (non-hydrogen) atoms. The van der Waals surface area contributed by atoms with Crippen molar-refractivity contribution in [2.24, 2.45) is 0 Å². The number of pyridine rings is 1. The van der Waals surface area contributed by atoms with Crippen LogP contribution >= 0.6 is 0 Å². The van der Waals surface area contributed by atoms with Gasteiger partial charge in [-0.15, -0.1) is 0 Å². The van der Waals surface area contributed by atoms with Crippen LogP contribution in [0.4, 0.5) is 10.5 Å². The smallest absolute Gasteiger partial charge is 0.412 e. The second kappa shape index (κ2) is 8.01. The molecule has 1 N–H and O–H groups in total. The molecule has 3 aromatic rings. The lowest BCUT2D eigenvalue weighted by molar-refractivity contribution is 0.0635. The molecular weight excluding hydrogens is 428 g/mol. The zero-order valence-corrected chi connectivity index (χ0v) is 18.3. The highest BCUT2D eigenvalue weighted by Crippen LogP contribution is 2.33. The fourth-order valence-corrected chi connectivity index (χ4v) is 3.39.